The lowest BCUT2D eigenvalue weighted by Gasteiger charge is -2.10. The Balaban J connectivity index is 2.54. The fourth-order valence-electron chi connectivity index (χ4n) is 1.19. The Kier molecular flexibility index (Phi) is 2.57. The smallest absolute Gasteiger partial charge is 0.169 e. The molecule has 0 spiro atoms. The number of halogens is 1. The molecule has 0 aromatic heterocycles. The molecule has 0 aromatic carbocycles. The maximum absolute atomic E-state index is 11.9. The molecule has 0 radical (unpaired) electrons. The number of hydrogen-bond donors (Lipinski definition) is 1. The summed E-state index contributed by atoms with van der Waals surface area (Å²) in [6.07, 6.45) is -0.907. The second-order valence-electron chi connectivity index (χ2n) is 2.79. The van der Waals surface area contributed by atoms with Crippen LogP contribution in [0.25, 0.3) is 0 Å². The van der Waals surface area contributed by atoms with Crippen LogP contribution in [-0.4, -0.2) is 30.5 Å². The maximum atomic E-state index is 11.9. The van der Waals surface area contributed by atoms with Gasteiger partial charge in [0.1, 0.15) is 6.67 Å². The maximum Gasteiger partial charge on any atom is 0.169 e. The van der Waals surface area contributed by atoms with E-state index in [-0.39, 0.29) is 12.5 Å². The number of alkyl halides is 1. The minimum absolute atomic E-state index is 0.144. The molecule has 0 aliphatic carbocycles. The van der Waals surface area contributed by atoms with Crippen molar-refractivity contribution in [3.05, 3.63) is 0 Å². The van der Waals surface area contributed by atoms with E-state index in [1.54, 1.807) is 6.92 Å². The number of Topliss-reactive ketones (excluding diaryl/α,β-unsaturated/α-hetero) is 1. The first kappa shape index (κ1) is 8.62. The number of aliphatic hydroxyl groups excluding tert-OH is 1. The van der Waals surface area contributed by atoms with E-state index in [1.165, 1.54) is 0 Å². The van der Waals surface area contributed by atoms with Gasteiger partial charge in [-0.2, -0.15) is 0 Å². The Hall–Kier alpha value is -0.480. The number of rotatable bonds is 2. The van der Waals surface area contributed by atoms with Gasteiger partial charge in [0.25, 0.3) is 0 Å². The molecule has 0 aromatic rings. The molecular weight excluding hydrogens is 151 g/mol. The predicted molar refractivity (Wildman–Crippen MR) is 35.6 cm³/mol. The highest BCUT2D eigenvalue weighted by atomic mass is 19.1. The van der Waals surface area contributed by atoms with Gasteiger partial charge in [0.15, 0.2) is 12.1 Å². The lowest BCUT2D eigenvalue weighted by Crippen LogP contribution is -2.24. The van der Waals surface area contributed by atoms with Crippen molar-refractivity contribution in [1.82, 2.24) is 0 Å². The van der Waals surface area contributed by atoms with Crippen LogP contribution in [0.1, 0.15) is 6.92 Å². The first-order chi connectivity index (χ1) is 5.16. The van der Waals surface area contributed by atoms with Crippen LogP contribution in [0.5, 0.6) is 0 Å². The van der Waals surface area contributed by atoms with Crippen molar-refractivity contribution in [3.8, 4) is 0 Å². The molecule has 64 valence electrons. The van der Waals surface area contributed by atoms with Crippen molar-refractivity contribution in [3.63, 3.8) is 0 Å². The van der Waals surface area contributed by atoms with Gasteiger partial charge in [-0.25, -0.2) is 4.39 Å². The molecule has 1 rings (SSSR count). The summed E-state index contributed by atoms with van der Waals surface area (Å²) in [6, 6.07) is 0. The average Bonchev–Trinajstić information content (AvgIpc) is 2.32. The van der Waals surface area contributed by atoms with Crippen LogP contribution in [0.3, 0.4) is 0 Å². The molecule has 1 saturated heterocycles. The summed E-state index contributed by atoms with van der Waals surface area (Å²) in [5.41, 5.74) is 0. The van der Waals surface area contributed by atoms with Crippen molar-refractivity contribution in [2.75, 3.05) is 13.3 Å². The molecule has 0 amide bonds. The molecule has 11 heavy (non-hydrogen) atoms. The van der Waals surface area contributed by atoms with Crippen molar-refractivity contribution < 1.29 is 19.0 Å². The van der Waals surface area contributed by atoms with Crippen molar-refractivity contribution in [2.24, 2.45) is 11.8 Å². The van der Waals surface area contributed by atoms with E-state index >= 15 is 0 Å². The van der Waals surface area contributed by atoms with Gasteiger partial charge in [-0.15, -0.1) is 0 Å². The molecule has 0 bridgehead atoms. The van der Waals surface area contributed by atoms with Crippen LogP contribution in [-0.2, 0) is 9.53 Å². The monoisotopic (exact) mass is 162 g/mol. The number of carbonyl (C=O) groups excluding carboxylic acids is 1. The van der Waals surface area contributed by atoms with E-state index in [4.69, 9.17) is 9.84 Å². The highest BCUT2D eigenvalue weighted by Gasteiger charge is 2.36. The Morgan fingerprint density at radius 2 is 2.45 bits per heavy atom. The zero-order chi connectivity index (χ0) is 8.43. The summed E-state index contributed by atoms with van der Waals surface area (Å²) in [5, 5.41) is 9.02. The van der Waals surface area contributed by atoms with Gasteiger partial charge >= 0.3 is 0 Å². The Labute approximate surface area is 64.2 Å². The Morgan fingerprint density at radius 3 is 2.82 bits per heavy atom. The normalized spacial score (nSPS) is 37.5. The minimum atomic E-state index is -0.967. The summed E-state index contributed by atoms with van der Waals surface area (Å²) < 4.78 is 16.6. The quantitative estimate of drug-likeness (QED) is 0.627. The first-order valence-corrected chi connectivity index (χ1v) is 3.55. The Morgan fingerprint density at radius 1 is 1.82 bits per heavy atom. The molecular formula is C7H11FO3. The van der Waals surface area contributed by atoms with Gasteiger partial charge in [-0.3, -0.25) is 4.79 Å². The lowest BCUT2D eigenvalue weighted by molar-refractivity contribution is -0.124. The number of ketones is 1. The highest BCUT2D eigenvalue weighted by molar-refractivity contribution is 5.82. The largest absolute Gasteiger partial charge is 0.368 e. The molecule has 1 aliphatic rings. The van der Waals surface area contributed by atoms with E-state index in [9.17, 15) is 9.18 Å². The fraction of sp³-hybridized carbons (Fsp3) is 0.857. The van der Waals surface area contributed by atoms with Gasteiger partial charge in [0.2, 0.25) is 0 Å². The Bertz CT molecular complexity index is 160. The van der Waals surface area contributed by atoms with Gasteiger partial charge in [0, 0.05) is 5.92 Å². The van der Waals surface area contributed by atoms with Crippen LogP contribution in [0.4, 0.5) is 4.39 Å². The number of hydrogen-bond acceptors (Lipinski definition) is 3. The van der Waals surface area contributed by atoms with E-state index in [0.717, 1.165) is 0 Å². The van der Waals surface area contributed by atoms with E-state index in [2.05, 4.69) is 0 Å². The van der Waals surface area contributed by atoms with Crippen molar-refractivity contribution >= 4 is 5.78 Å². The molecule has 3 atom stereocenters. The predicted octanol–water partition coefficient (Wildman–Crippen LogP) is 0.126. The van der Waals surface area contributed by atoms with E-state index in [0.29, 0.717) is 0 Å². The standard InChI is InChI=1S/C7H11FO3/c1-4-5(6(9)2-8)3-11-7(4)10/h4-5,7,10H,2-3H2,1H3/t4-,5-,7-/m1/s1. The molecule has 4 heteroatoms. The number of ether oxygens (including phenoxy) is 1. The van der Waals surface area contributed by atoms with E-state index in [1.807, 2.05) is 0 Å². The van der Waals surface area contributed by atoms with Gasteiger partial charge in [-0.1, -0.05) is 6.92 Å². The second kappa shape index (κ2) is 3.28. The summed E-state index contributed by atoms with van der Waals surface area (Å²) >= 11 is 0. The van der Waals surface area contributed by atoms with Crippen LogP contribution in [0.15, 0.2) is 0 Å². The van der Waals surface area contributed by atoms with Gasteiger partial charge < -0.3 is 9.84 Å². The van der Waals surface area contributed by atoms with Crippen LogP contribution < -0.4 is 0 Å². The van der Waals surface area contributed by atoms with E-state index < -0.39 is 24.7 Å². The van der Waals surface area contributed by atoms with Crippen molar-refractivity contribution in [1.29, 1.82) is 0 Å². The second-order valence-corrected chi connectivity index (χ2v) is 2.79. The molecule has 0 saturated carbocycles. The zero-order valence-corrected chi connectivity index (χ0v) is 6.29. The molecule has 3 nitrogen and oxygen atoms in total. The SMILES string of the molecule is C[C@H]1[C@H](O)OC[C@H]1C(=O)CF. The fourth-order valence-corrected chi connectivity index (χ4v) is 1.19. The minimum Gasteiger partial charge on any atom is -0.368 e. The molecule has 0 unspecified atom stereocenters. The summed E-state index contributed by atoms with van der Waals surface area (Å²) in [4.78, 5) is 10.8. The van der Waals surface area contributed by atoms with Crippen LogP contribution in [0, 0.1) is 11.8 Å². The number of carbonyl (C=O) groups is 1. The molecule has 1 N–H and O–H groups in total. The summed E-state index contributed by atoms with van der Waals surface area (Å²) in [7, 11) is 0. The topological polar surface area (TPSA) is 46.5 Å². The first-order valence-electron chi connectivity index (χ1n) is 3.55. The lowest BCUT2D eigenvalue weighted by atomic mass is 9.93. The highest BCUT2D eigenvalue weighted by Crippen LogP contribution is 2.25. The summed E-state index contributed by atoms with van der Waals surface area (Å²) in [6.45, 7) is 0.853. The third-order valence-corrected chi connectivity index (χ3v) is 2.08. The van der Waals surface area contributed by atoms with Crippen molar-refractivity contribution in [2.45, 2.75) is 13.2 Å². The molecule has 1 fully saturated rings. The summed E-state index contributed by atoms with van der Waals surface area (Å²) in [5.74, 6) is -1.22. The van der Waals surface area contributed by atoms with Crippen LogP contribution >= 0.6 is 0 Å². The molecule has 1 aliphatic heterocycles. The average molecular weight is 162 g/mol. The third kappa shape index (κ3) is 1.57. The van der Waals surface area contributed by atoms with Crippen LogP contribution in [0.2, 0.25) is 0 Å². The molecule has 1 heterocycles. The van der Waals surface area contributed by atoms with Gasteiger partial charge in [0.05, 0.1) is 12.5 Å². The number of aliphatic hydroxyl groups is 1. The third-order valence-electron chi connectivity index (χ3n) is 2.08. The zero-order valence-electron chi connectivity index (χ0n) is 6.29. The van der Waals surface area contributed by atoms with Gasteiger partial charge in [-0.05, 0) is 0 Å².